The lowest BCUT2D eigenvalue weighted by atomic mass is 10.0. The van der Waals surface area contributed by atoms with Crippen molar-refractivity contribution in [1.82, 2.24) is 10.6 Å². The van der Waals surface area contributed by atoms with Crippen LogP contribution in [0.15, 0.2) is 5.16 Å². The van der Waals surface area contributed by atoms with Gasteiger partial charge in [-0.05, 0) is 20.3 Å². The first kappa shape index (κ1) is 15.9. The molecule has 1 rings (SSSR count). The van der Waals surface area contributed by atoms with Crippen LogP contribution in [0.5, 0.6) is 0 Å². The van der Waals surface area contributed by atoms with Gasteiger partial charge in [0.2, 0.25) is 0 Å². The average Bonchev–Trinajstić information content (AvgIpc) is 2.40. The van der Waals surface area contributed by atoms with Gasteiger partial charge in [-0.25, -0.2) is 14.0 Å². The first-order valence-electron chi connectivity index (χ1n) is 6.03. The molecule has 112 valence electrons. The third-order valence-electron chi connectivity index (χ3n) is 2.58. The van der Waals surface area contributed by atoms with Crippen LogP contribution in [0.4, 0.5) is 9.18 Å². The van der Waals surface area contributed by atoms with Gasteiger partial charge in [0, 0.05) is 0 Å². The van der Waals surface area contributed by atoms with Crippen LogP contribution in [0.2, 0.25) is 0 Å². The smallest absolute Gasteiger partial charge is 0.360 e. The lowest BCUT2D eigenvalue weighted by Crippen LogP contribution is -2.70. The molecule has 1 aliphatic heterocycles. The van der Waals surface area contributed by atoms with E-state index in [1.54, 1.807) is 19.2 Å². The van der Waals surface area contributed by atoms with Gasteiger partial charge in [-0.15, -0.1) is 0 Å². The summed E-state index contributed by atoms with van der Waals surface area (Å²) in [4.78, 5) is 39.2. The molecule has 0 bridgehead atoms. The second-order valence-electron chi connectivity index (χ2n) is 4.03. The molecule has 0 aromatic rings. The second kappa shape index (κ2) is 6.31. The highest BCUT2D eigenvalue weighted by Gasteiger charge is 2.61. The minimum absolute atomic E-state index is 0.129. The lowest BCUT2D eigenvalue weighted by Gasteiger charge is -2.32. The van der Waals surface area contributed by atoms with Gasteiger partial charge >= 0.3 is 17.7 Å². The summed E-state index contributed by atoms with van der Waals surface area (Å²) >= 11 is 0. The molecule has 3 amide bonds. The molecule has 2 atom stereocenters. The molecule has 9 heteroatoms. The number of carbonyl (C=O) groups excluding carboxylic acids is 3. The highest BCUT2D eigenvalue weighted by Crippen LogP contribution is 2.23. The van der Waals surface area contributed by atoms with E-state index < -0.39 is 29.8 Å². The van der Waals surface area contributed by atoms with Crippen molar-refractivity contribution < 1.29 is 28.3 Å². The van der Waals surface area contributed by atoms with E-state index >= 15 is 0 Å². The van der Waals surface area contributed by atoms with Crippen molar-refractivity contribution in [3.05, 3.63) is 0 Å². The molecule has 0 aliphatic carbocycles. The predicted molar refractivity (Wildman–Crippen MR) is 65.4 cm³/mol. The van der Waals surface area contributed by atoms with Gasteiger partial charge in [-0.3, -0.25) is 15.4 Å². The Kier molecular flexibility index (Phi) is 5.00. The van der Waals surface area contributed by atoms with Crippen molar-refractivity contribution in [2.45, 2.75) is 39.1 Å². The van der Waals surface area contributed by atoms with E-state index in [0.29, 0.717) is 12.1 Å². The number of imide groups is 1. The molecule has 0 saturated carbocycles. The standard InChI is InChI=1S/C11H16FN3O5/c1-4-6(3)15-20-8-11(12,9(17)19-5-2)7(16)13-10(18)14-8/h8H,4-5H2,1-3H3,(H2,13,14,16,18). The first-order valence-corrected chi connectivity index (χ1v) is 6.03. The summed E-state index contributed by atoms with van der Waals surface area (Å²) in [5.74, 6) is -2.90. The van der Waals surface area contributed by atoms with Crippen LogP contribution in [0.1, 0.15) is 27.2 Å². The molecule has 0 aromatic heterocycles. The van der Waals surface area contributed by atoms with Crippen LogP contribution in [0.3, 0.4) is 0 Å². The zero-order valence-electron chi connectivity index (χ0n) is 11.4. The van der Waals surface area contributed by atoms with E-state index in [1.807, 2.05) is 5.32 Å². The van der Waals surface area contributed by atoms with Crippen LogP contribution >= 0.6 is 0 Å². The van der Waals surface area contributed by atoms with Gasteiger partial charge < -0.3 is 9.57 Å². The molecular formula is C11H16FN3O5. The van der Waals surface area contributed by atoms with Crippen LogP contribution in [0.25, 0.3) is 0 Å². The number of esters is 1. The molecule has 20 heavy (non-hydrogen) atoms. The predicted octanol–water partition coefficient (Wildman–Crippen LogP) is 0.226. The minimum atomic E-state index is -3.19. The van der Waals surface area contributed by atoms with Crippen molar-refractivity contribution in [3.63, 3.8) is 0 Å². The number of nitrogens with one attached hydrogen (secondary N) is 2. The van der Waals surface area contributed by atoms with Crippen LogP contribution < -0.4 is 10.6 Å². The Morgan fingerprint density at radius 1 is 1.45 bits per heavy atom. The first-order chi connectivity index (χ1) is 9.36. The third-order valence-corrected chi connectivity index (χ3v) is 2.58. The molecule has 1 saturated heterocycles. The number of rotatable bonds is 5. The number of nitrogens with zero attached hydrogens (tertiary/aromatic N) is 1. The van der Waals surface area contributed by atoms with E-state index in [2.05, 4.69) is 9.89 Å². The maximum Gasteiger partial charge on any atom is 0.360 e. The Hall–Kier alpha value is -2.19. The van der Waals surface area contributed by atoms with E-state index in [4.69, 9.17) is 4.84 Å². The highest BCUT2D eigenvalue weighted by atomic mass is 19.1. The van der Waals surface area contributed by atoms with Gasteiger partial charge in [0.15, 0.2) is 0 Å². The van der Waals surface area contributed by atoms with Crippen molar-refractivity contribution in [2.75, 3.05) is 6.61 Å². The van der Waals surface area contributed by atoms with Gasteiger partial charge in [-0.2, -0.15) is 0 Å². The number of halogens is 1. The summed E-state index contributed by atoms with van der Waals surface area (Å²) in [5, 5.41) is 7.17. The Morgan fingerprint density at radius 2 is 2.10 bits per heavy atom. The molecule has 0 aromatic carbocycles. The number of alkyl halides is 1. The maximum atomic E-state index is 14.6. The zero-order valence-corrected chi connectivity index (χ0v) is 11.4. The maximum absolute atomic E-state index is 14.6. The normalized spacial score (nSPS) is 26.6. The molecule has 2 N–H and O–H groups in total. The van der Waals surface area contributed by atoms with Gasteiger partial charge in [0.05, 0.1) is 12.3 Å². The van der Waals surface area contributed by atoms with Gasteiger partial charge in [0.25, 0.3) is 12.1 Å². The molecule has 0 radical (unpaired) electrons. The number of ether oxygens (including phenoxy) is 1. The van der Waals surface area contributed by atoms with E-state index in [0.717, 1.165) is 0 Å². The van der Waals surface area contributed by atoms with Gasteiger partial charge in [0.1, 0.15) is 0 Å². The fraction of sp³-hybridized carbons (Fsp3) is 0.636. The fourth-order valence-corrected chi connectivity index (χ4v) is 1.31. The Bertz CT molecular complexity index is 453. The molecule has 1 fully saturated rings. The number of carbonyl (C=O) groups is 3. The van der Waals surface area contributed by atoms with Crippen molar-refractivity contribution in [2.24, 2.45) is 5.16 Å². The van der Waals surface area contributed by atoms with Crippen LogP contribution in [-0.4, -0.2) is 42.1 Å². The Morgan fingerprint density at radius 3 is 2.65 bits per heavy atom. The van der Waals surface area contributed by atoms with Crippen LogP contribution in [-0.2, 0) is 19.2 Å². The molecule has 0 spiro atoms. The summed E-state index contributed by atoms with van der Waals surface area (Å²) in [6.45, 7) is 4.71. The molecule has 8 nitrogen and oxygen atoms in total. The fourth-order valence-electron chi connectivity index (χ4n) is 1.31. The van der Waals surface area contributed by atoms with E-state index in [9.17, 15) is 18.8 Å². The van der Waals surface area contributed by atoms with E-state index in [-0.39, 0.29) is 6.61 Å². The molecular weight excluding hydrogens is 273 g/mol. The minimum Gasteiger partial charge on any atom is -0.463 e. The van der Waals surface area contributed by atoms with Crippen molar-refractivity contribution >= 4 is 23.6 Å². The highest BCUT2D eigenvalue weighted by molar-refractivity contribution is 6.14. The topological polar surface area (TPSA) is 106 Å². The number of hydrogen-bond acceptors (Lipinski definition) is 6. The summed E-state index contributed by atoms with van der Waals surface area (Å²) in [5.41, 5.74) is -2.70. The number of urea groups is 1. The van der Waals surface area contributed by atoms with Crippen molar-refractivity contribution in [1.29, 1.82) is 0 Å². The van der Waals surface area contributed by atoms with Gasteiger partial charge in [-0.1, -0.05) is 12.1 Å². The third kappa shape index (κ3) is 3.03. The lowest BCUT2D eigenvalue weighted by molar-refractivity contribution is -0.179. The number of amides is 3. The second-order valence-corrected chi connectivity index (χ2v) is 4.03. The number of hydrogen-bond donors (Lipinski definition) is 2. The number of oxime groups is 1. The summed E-state index contributed by atoms with van der Waals surface area (Å²) in [6, 6.07) is -0.984. The summed E-state index contributed by atoms with van der Waals surface area (Å²) in [6.07, 6.45) is -1.37. The quantitative estimate of drug-likeness (QED) is 0.326. The molecule has 1 heterocycles. The monoisotopic (exact) mass is 289 g/mol. The Labute approximate surface area is 114 Å². The SMILES string of the molecule is CCOC(=O)C1(F)C(=O)NC(=O)NC1ON=C(C)CC. The average molecular weight is 289 g/mol. The molecule has 2 unspecified atom stereocenters. The summed E-state index contributed by atoms with van der Waals surface area (Å²) in [7, 11) is 0. The Balaban J connectivity index is 3.03. The van der Waals surface area contributed by atoms with Crippen LogP contribution in [0, 0.1) is 0 Å². The summed E-state index contributed by atoms with van der Waals surface area (Å²) < 4.78 is 19.1. The van der Waals surface area contributed by atoms with Crippen molar-refractivity contribution in [3.8, 4) is 0 Å². The molecule has 1 aliphatic rings. The van der Waals surface area contributed by atoms with E-state index in [1.165, 1.54) is 6.92 Å². The largest absolute Gasteiger partial charge is 0.463 e. The zero-order chi connectivity index (χ0) is 15.3.